The predicted molar refractivity (Wildman–Crippen MR) is 107 cm³/mol. The number of carbonyl (C=O) groups is 4. The van der Waals surface area contributed by atoms with Crippen molar-refractivity contribution in [3.8, 4) is 0 Å². The third kappa shape index (κ3) is 4.66. The molecular formula is C22H28N2O5. The fourth-order valence-corrected chi connectivity index (χ4v) is 3.90. The monoisotopic (exact) mass is 400 g/mol. The van der Waals surface area contributed by atoms with Crippen molar-refractivity contribution in [3.63, 3.8) is 0 Å². The Labute approximate surface area is 170 Å². The van der Waals surface area contributed by atoms with Crippen molar-refractivity contribution in [2.24, 2.45) is 0 Å². The Morgan fingerprint density at radius 2 is 1.90 bits per heavy atom. The lowest BCUT2D eigenvalue weighted by atomic mass is 9.90. The van der Waals surface area contributed by atoms with Gasteiger partial charge in [-0.3, -0.25) is 19.3 Å². The highest BCUT2D eigenvalue weighted by Crippen LogP contribution is 2.24. The van der Waals surface area contributed by atoms with Crippen LogP contribution in [0.1, 0.15) is 67.4 Å². The van der Waals surface area contributed by atoms with Gasteiger partial charge in [0.25, 0.3) is 5.91 Å². The number of hydrogen-bond donors (Lipinski definition) is 1. The molecule has 0 saturated carbocycles. The number of unbranched alkanes of at least 4 members (excludes halogenated alkanes) is 1. The van der Waals surface area contributed by atoms with Gasteiger partial charge in [-0.25, -0.2) is 4.79 Å². The van der Waals surface area contributed by atoms with E-state index in [1.807, 2.05) is 19.1 Å². The van der Waals surface area contributed by atoms with Crippen LogP contribution in [0.4, 0.5) is 4.79 Å². The van der Waals surface area contributed by atoms with Crippen molar-refractivity contribution in [2.45, 2.75) is 64.3 Å². The van der Waals surface area contributed by atoms with Crippen molar-refractivity contribution in [1.29, 1.82) is 0 Å². The number of fused-ring (bicyclic) bond motifs is 1. The summed E-state index contributed by atoms with van der Waals surface area (Å²) in [6, 6.07) is 5.00. The highest BCUT2D eigenvalue weighted by Gasteiger charge is 2.47. The maximum atomic E-state index is 12.5. The van der Waals surface area contributed by atoms with E-state index in [-0.39, 0.29) is 5.78 Å². The van der Waals surface area contributed by atoms with Gasteiger partial charge < -0.3 is 10.1 Å². The summed E-state index contributed by atoms with van der Waals surface area (Å²) < 4.78 is 5.05. The molecule has 156 valence electrons. The minimum Gasteiger partial charge on any atom is -0.456 e. The molecule has 1 aromatic rings. The van der Waals surface area contributed by atoms with Crippen molar-refractivity contribution < 1.29 is 23.9 Å². The lowest BCUT2D eigenvalue weighted by Gasteiger charge is -2.21. The Kier molecular flexibility index (Phi) is 6.35. The molecule has 2 aliphatic rings. The summed E-state index contributed by atoms with van der Waals surface area (Å²) in [4.78, 5) is 50.0. The highest BCUT2D eigenvalue weighted by molar-refractivity contribution is 6.08. The number of rotatable bonds is 8. The number of esters is 1. The molecule has 3 amide bonds. The predicted octanol–water partition coefficient (Wildman–Crippen LogP) is 2.79. The molecule has 7 nitrogen and oxygen atoms in total. The second-order valence-electron chi connectivity index (χ2n) is 8.03. The number of benzene rings is 1. The fraction of sp³-hybridized carbons (Fsp3) is 0.545. The van der Waals surface area contributed by atoms with Crippen molar-refractivity contribution in [1.82, 2.24) is 10.2 Å². The number of hydrogen-bond acceptors (Lipinski definition) is 5. The number of amides is 3. The second-order valence-corrected chi connectivity index (χ2v) is 8.03. The molecule has 1 saturated heterocycles. The number of ketones is 1. The molecule has 0 unspecified atom stereocenters. The van der Waals surface area contributed by atoms with E-state index in [1.165, 1.54) is 11.1 Å². The average molecular weight is 400 g/mol. The molecule has 1 N–H and O–H groups in total. The van der Waals surface area contributed by atoms with Gasteiger partial charge in [-0.15, -0.1) is 0 Å². The number of ether oxygens (including phenoxy) is 1. The van der Waals surface area contributed by atoms with E-state index in [0.29, 0.717) is 12.0 Å². The molecule has 1 aliphatic heterocycles. The van der Waals surface area contributed by atoms with E-state index in [0.717, 1.165) is 43.4 Å². The normalized spacial score (nSPS) is 21.0. The van der Waals surface area contributed by atoms with Crippen LogP contribution in [0.15, 0.2) is 18.2 Å². The van der Waals surface area contributed by atoms with Gasteiger partial charge in [-0.1, -0.05) is 31.9 Å². The van der Waals surface area contributed by atoms with E-state index in [2.05, 4.69) is 5.32 Å². The third-order valence-corrected chi connectivity index (χ3v) is 5.70. The largest absolute Gasteiger partial charge is 0.456 e. The number of imide groups is 1. The van der Waals surface area contributed by atoms with E-state index in [1.54, 1.807) is 13.0 Å². The lowest BCUT2D eigenvalue weighted by molar-refractivity contribution is -0.146. The molecular weight excluding hydrogens is 372 g/mol. The van der Waals surface area contributed by atoms with Crippen molar-refractivity contribution in [3.05, 3.63) is 34.9 Å². The first-order valence-electron chi connectivity index (χ1n) is 10.3. The Morgan fingerprint density at radius 1 is 1.17 bits per heavy atom. The minimum atomic E-state index is -0.994. The number of urea groups is 1. The quantitative estimate of drug-likeness (QED) is 0.411. The summed E-state index contributed by atoms with van der Waals surface area (Å²) in [5.74, 6) is -1.51. The molecule has 0 radical (unpaired) electrons. The molecule has 29 heavy (non-hydrogen) atoms. The Balaban J connectivity index is 1.54. The van der Waals surface area contributed by atoms with Gasteiger partial charge in [0.1, 0.15) is 12.1 Å². The van der Waals surface area contributed by atoms with Crippen LogP contribution in [0.5, 0.6) is 0 Å². The van der Waals surface area contributed by atoms with E-state index in [4.69, 9.17) is 4.74 Å². The Hall–Kier alpha value is -2.70. The van der Waals surface area contributed by atoms with E-state index >= 15 is 0 Å². The minimum absolute atomic E-state index is 0.295. The molecule has 7 heteroatoms. The maximum absolute atomic E-state index is 12.5. The van der Waals surface area contributed by atoms with Gasteiger partial charge in [-0.2, -0.15) is 0 Å². The highest BCUT2D eigenvalue weighted by atomic mass is 16.5. The van der Waals surface area contributed by atoms with Gasteiger partial charge in [0.05, 0.1) is 0 Å². The summed E-state index contributed by atoms with van der Waals surface area (Å²) >= 11 is 0. The molecule has 1 aromatic carbocycles. The van der Waals surface area contributed by atoms with Gasteiger partial charge >= 0.3 is 12.0 Å². The number of aryl methyl sites for hydroxylation is 2. The standard InChI is InChI=1S/C22H28N2O5/c1-3-4-11-22(2)20(27)24(21(28)23-22)13-19(26)29-14-18(25)17-10-9-15-7-5-6-8-16(15)12-17/h9-10,12H,3-8,11,13-14H2,1-2H3,(H,23,28)/t22-/m1/s1. The first-order chi connectivity index (χ1) is 13.8. The van der Waals surface area contributed by atoms with Crippen LogP contribution in [-0.4, -0.2) is 47.3 Å². The van der Waals surface area contributed by atoms with Crippen LogP contribution in [0, 0.1) is 0 Å². The van der Waals surface area contributed by atoms with Gasteiger partial charge in [0.2, 0.25) is 0 Å². The van der Waals surface area contributed by atoms with Gasteiger partial charge in [-0.05, 0) is 56.2 Å². The van der Waals surface area contributed by atoms with Crippen molar-refractivity contribution >= 4 is 23.7 Å². The fourth-order valence-electron chi connectivity index (χ4n) is 3.90. The van der Waals surface area contributed by atoms with Crippen LogP contribution < -0.4 is 5.32 Å². The summed E-state index contributed by atoms with van der Waals surface area (Å²) in [6.07, 6.45) is 6.46. The molecule has 1 atom stereocenters. The third-order valence-electron chi connectivity index (χ3n) is 5.70. The zero-order valence-corrected chi connectivity index (χ0v) is 17.1. The first-order valence-corrected chi connectivity index (χ1v) is 10.3. The van der Waals surface area contributed by atoms with Crippen LogP contribution in [0.25, 0.3) is 0 Å². The lowest BCUT2D eigenvalue weighted by Crippen LogP contribution is -2.44. The number of nitrogens with zero attached hydrogens (tertiary/aromatic N) is 1. The summed E-state index contributed by atoms with van der Waals surface area (Å²) in [6.45, 7) is 2.76. The first kappa shape index (κ1) is 21.0. The molecule has 1 heterocycles. The molecule has 1 fully saturated rings. The van der Waals surface area contributed by atoms with Crippen LogP contribution in [0.2, 0.25) is 0 Å². The number of carbonyl (C=O) groups excluding carboxylic acids is 4. The summed E-state index contributed by atoms with van der Waals surface area (Å²) in [7, 11) is 0. The van der Waals surface area contributed by atoms with E-state index < -0.39 is 36.6 Å². The second kappa shape index (κ2) is 8.76. The smallest absolute Gasteiger partial charge is 0.326 e. The molecule has 3 rings (SSSR count). The summed E-state index contributed by atoms with van der Waals surface area (Å²) in [5, 5.41) is 2.65. The van der Waals surface area contributed by atoms with Crippen LogP contribution in [0.3, 0.4) is 0 Å². The molecule has 0 spiro atoms. The van der Waals surface area contributed by atoms with Gasteiger partial charge in [0, 0.05) is 5.56 Å². The summed E-state index contributed by atoms with van der Waals surface area (Å²) in [5.41, 5.74) is 1.97. The zero-order valence-electron chi connectivity index (χ0n) is 17.1. The van der Waals surface area contributed by atoms with E-state index in [9.17, 15) is 19.2 Å². The average Bonchev–Trinajstić information content (AvgIpc) is 2.93. The molecule has 0 bridgehead atoms. The maximum Gasteiger partial charge on any atom is 0.326 e. The molecule has 1 aliphatic carbocycles. The van der Waals surface area contributed by atoms with Crippen LogP contribution >= 0.6 is 0 Å². The zero-order chi connectivity index (χ0) is 21.0. The van der Waals surface area contributed by atoms with Gasteiger partial charge in [0.15, 0.2) is 12.4 Å². The Morgan fingerprint density at radius 3 is 2.62 bits per heavy atom. The topological polar surface area (TPSA) is 92.8 Å². The number of Topliss-reactive ketones (excluding diaryl/α,β-unsaturated/α-hetero) is 1. The SMILES string of the molecule is CCCC[C@@]1(C)NC(=O)N(CC(=O)OCC(=O)c2ccc3c(c2)CCCC3)C1=O. The van der Waals surface area contributed by atoms with Crippen molar-refractivity contribution in [2.75, 3.05) is 13.2 Å². The Bertz CT molecular complexity index is 834. The molecule has 0 aromatic heterocycles. The number of nitrogens with one attached hydrogen (secondary N) is 1. The van der Waals surface area contributed by atoms with Crippen LogP contribution in [-0.2, 0) is 27.2 Å².